The maximum absolute atomic E-state index is 12.3. The second-order valence-electron chi connectivity index (χ2n) is 6.83. The van der Waals surface area contributed by atoms with Crippen molar-refractivity contribution in [1.29, 1.82) is 0 Å². The fourth-order valence-electron chi connectivity index (χ4n) is 3.39. The van der Waals surface area contributed by atoms with E-state index in [0.717, 1.165) is 39.3 Å². The van der Waals surface area contributed by atoms with Crippen molar-refractivity contribution >= 4 is 23.7 Å². The van der Waals surface area contributed by atoms with Crippen LogP contribution in [-0.4, -0.2) is 78.2 Å². The van der Waals surface area contributed by atoms with Crippen LogP contribution in [0.25, 0.3) is 0 Å². The second-order valence-corrected chi connectivity index (χ2v) is 7.89. The zero-order valence-electron chi connectivity index (χ0n) is 15.6. The number of urea groups is 1. The Morgan fingerprint density at radius 2 is 1.85 bits per heavy atom. The molecule has 6 nitrogen and oxygen atoms in total. The van der Waals surface area contributed by atoms with Gasteiger partial charge in [-0.2, -0.15) is 0 Å². The van der Waals surface area contributed by atoms with Gasteiger partial charge in [-0.15, -0.1) is 11.8 Å². The molecule has 7 heteroatoms. The third kappa shape index (κ3) is 4.51. The third-order valence-corrected chi connectivity index (χ3v) is 6.23. The van der Waals surface area contributed by atoms with Crippen LogP contribution in [0.3, 0.4) is 0 Å². The summed E-state index contributed by atoms with van der Waals surface area (Å²) in [4.78, 5) is 30.4. The summed E-state index contributed by atoms with van der Waals surface area (Å²) in [5.41, 5.74) is 2.44. The molecule has 0 spiro atoms. The number of hydrogen-bond acceptors (Lipinski definition) is 4. The van der Waals surface area contributed by atoms with E-state index in [0.29, 0.717) is 12.3 Å². The van der Waals surface area contributed by atoms with Crippen LogP contribution in [0.2, 0.25) is 0 Å². The van der Waals surface area contributed by atoms with Crippen molar-refractivity contribution in [3.05, 3.63) is 35.4 Å². The molecule has 0 aliphatic carbocycles. The molecule has 142 valence electrons. The number of thioether (sulfide) groups is 1. The van der Waals surface area contributed by atoms with Gasteiger partial charge in [0.05, 0.1) is 5.75 Å². The molecule has 2 fully saturated rings. The fourth-order valence-corrected chi connectivity index (χ4v) is 4.61. The van der Waals surface area contributed by atoms with Crippen molar-refractivity contribution in [2.75, 3.05) is 51.6 Å². The van der Waals surface area contributed by atoms with Crippen LogP contribution in [0.5, 0.6) is 0 Å². The Hall–Kier alpha value is -1.73. The minimum atomic E-state index is 0.0257. The van der Waals surface area contributed by atoms with Gasteiger partial charge in [-0.05, 0) is 19.4 Å². The summed E-state index contributed by atoms with van der Waals surface area (Å²) < 4.78 is 0. The van der Waals surface area contributed by atoms with Gasteiger partial charge in [0.25, 0.3) is 0 Å². The van der Waals surface area contributed by atoms with Crippen molar-refractivity contribution in [3.8, 4) is 0 Å². The fraction of sp³-hybridized carbons (Fsp3) is 0.579. The van der Waals surface area contributed by atoms with Gasteiger partial charge in [0.1, 0.15) is 5.37 Å². The highest BCUT2D eigenvalue weighted by atomic mass is 32.2. The Bertz CT molecular complexity index is 629. The lowest BCUT2D eigenvalue weighted by molar-refractivity contribution is -0.128. The summed E-state index contributed by atoms with van der Waals surface area (Å²) in [5, 5.41) is 2.98. The summed E-state index contributed by atoms with van der Waals surface area (Å²) in [7, 11) is 0. The normalized spacial score (nSPS) is 21.3. The lowest BCUT2D eigenvalue weighted by atomic mass is 10.1. The van der Waals surface area contributed by atoms with Gasteiger partial charge in [-0.3, -0.25) is 9.69 Å². The molecule has 0 unspecified atom stereocenters. The molecular weight excluding hydrogens is 348 g/mol. The Labute approximate surface area is 159 Å². The van der Waals surface area contributed by atoms with Crippen molar-refractivity contribution in [1.82, 2.24) is 20.0 Å². The Morgan fingerprint density at radius 1 is 1.15 bits per heavy atom. The molecule has 3 amide bonds. The molecule has 0 bridgehead atoms. The first-order valence-corrected chi connectivity index (χ1v) is 10.4. The van der Waals surface area contributed by atoms with E-state index in [9.17, 15) is 9.59 Å². The predicted octanol–water partition coefficient (Wildman–Crippen LogP) is 1.92. The Morgan fingerprint density at radius 3 is 2.50 bits per heavy atom. The lowest BCUT2D eigenvalue weighted by Crippen LogP contribution is -2.52. The number of hydrogen-bond donors (Lipinski definition) is 1. The quantitative estimate of drug-likeness (QED) is 0.853. The van der Waals surface area contributed by atoms with Gasteiger partial charge in [0.15, 0.2) is 0 Å². The zero-order valence-corrected chi connectivity index (χ0v) is 16.4. The first-order chi connectivity index (χ1) is 12.6. The minimum absolute atomic E-state index is 0.0257. The smallest absolute Gasteiger partial charge is 0.317 e. The number of amides is 3. The largest absolute Gasteiger partial charge is 0.338 e. The monoisotopic (exact) mass is 376 g/mol. The number of aryl methyl sites for hydroxylation is 1. The number of benzene rings is 1. The van der Waals surface area contributed by atoms with Gasteiger partial charge in [-0.1, -0.05) is 29.8 Å². The molecule has 1 N–H and O–H groups in total. The maximum Gasteiger partial charge on any atom is 0.317 e. The highest BCUT2D eigenvalue weighted by Gasteiger charge is 2.33. The van der Waals surface area contributed by atoms with Crippen molar-refractivity contribution in [2.45, 2.75) is 19.2 Å². The van der Waals surface area contributed by atoms with Crippen molar-refractivity contribution in [3.63, 3.8) is 0 Å². The van der Waals surface area contributed by atoms with Gasteiger partial charge >= 0.3 is 6.03 Å². The Balaban J connectivity index is 1.51. The van der Waals surface area contributed by atoms with Crippen molar-refractivity contribution < 1.29 is 9.59 Å². The molecular formula is C19H28N4O2S. The molecule has 0 saturated carbocycles. The number of piperazine rings is 1. The summed E-state index contributed by atoms with van der Waals surface area (Å²) in [6.45, 7) is 9.49. The predicted molar refractivity (Wildman–Crippen MR) is 105 cm³/mol. The molecule has 1 aromatic rings. The third-order valence-electron chi connectivity index (χ3n) is 4.98. The Kier molecular flexibility index (Phi) is 6.43. The highest BCUT2D eigenvalue weighted by Crippen LogP contribution is 2.38. The zero-order chi connectivity index (χ0) is 18.5. The van der Waals surface area contributed by atoms with E-state index in [1.54, 1.807) is 11.8 Å². The van der Waals surface area contributed by atoms with Gasteiger partial charge in [0.2, 0.25) is 5.91 Å². The van der Waals surface area contributed by atoms with Crippen LogP contribution in [0, 0.1) is 6.92 Å². The molecule has 26 heavy (non-hydrogen) atoms. The second kappa shape index (κ2) is 8.77. The summed E-state index contributed by atoms with van der Waals surface area (Å²) in [6.07, 6.45) is 0. The lowest BCUT2D eigenvalue weighted by Gasteiger charge is -2.36. The van der Waals surface area contributed by atoms with Crippen LogP contribution in [0.1, 0.15) is 23.4 Å². The standard InChI is InChI=1S/C19H28N4O2S/c1-3-20-19(25)22-11-8-21(9-12-22)10-13-23-17(24)14-26-18(23)16-6-4-15(2)5-7-16/h4-7,18H,3,8-14H2,1-2H3,(H,20,25)/t18-/m1/s1. The molecule has 3 rings (SSSR count). The first kappa shape index (κ1) is 19.0. The molecule has 1 atom stereocenters. The molecule has 0 radical (unpaired) electrons. The molecule has 2 aliphatic heterocycles. The average Bonchev–Trinajstić information content (AvgIpc) is 3.02. The minimum Gasteiger partial charge on any atom is -0.338 e. The van der Waals surface area contributed by atoms with Gasteiger partial charge < -0.3 is 15.1 Å². The maximum atomic E-state index is 12.3. The van der Waals surface area contributed by atoms with Crippen LogP contribution in [0.15, 0.2) is 24.3 Å². The summed E-state index contributed by atoms with van der Waals surface area (Å²) >= 11 is 1.71. The molecule has 2 heterocycles. The van der Waals surface area contributed by atoms with E-state index in [-0.39, 0.29) is 17.3 Å². The summed E-state index contributed by atoms with van der Waals surface area (Å²) in [5.74, 6) is 0.783. The van der Waals surface area contributed by atoms with Gasteiger partial charge in [-0.25, -0.2) is 4.79 Å². The van der Waals surface area contributed by atoms with E-state index in [4.69, 9.17) is 0 Å². The van der Waals surface area contributed by atoms with Crippen LogP contribution in [0.4, 0.5) is 4.79 Å². The first-order valence-electron chi connectivity index (χ1n) is 9.31. The van der Waals surface area contributed by atoms with Crippen LogP contribution >= 0.6 is 11.8 Å². The number of nitrogens with zero attached hydrogens (tertiary/aromatic N) is 3. The molecule has 0 aromatic heterocycles. The van der Waals surface area contributed by atoms with Crippen LogP contribution in [-0.2, 0) is 4.79 Å². The number of carbonyl (C=O) groups is 2. The van der Waals surface area contributed by atoms with Crippen LogP contribution < -0.4 is 5.32 Å². The summed E-state index contributed by atoms with van der Waals surface area (Å²) in [6, 6.07) is 8.50. The van der Waals surface area contributed by atoms with E-state index >= 15 is 0 Å². The van der Waals surface area contributed by atoms with Crippen molar-refractivity contribution in [2.24, 2.45) is 0 Å². The molecule has 1 aromatic carbocycles. The molecule has 2 saturated heterocycles. The topological polar surface area (TPSA) is 55.9 Å². The molecule has 2 aliphatic rings. The average molecular weight is 377 g/mol. The van der Waals surface area contributed by atoms with E-state index in [1.165, 1.54) is 11.1 Å². The van der Waals surface area contributed by atoms with E-state index < -0.39 is 0 Å². The SMILES string of the molecule is CCNC(=O)N1CCN(CCN2C(=O)CS[C@@H]2c2ccc(C)cc2)CC1. The van der Waals surface area contributed by atoms with E-state index in [2.05, 4.69) is 41.4 Å². The number of carbonyl (C=O) groups excluding carboxylic acids is 2. The number of nitrogens with one attached hydrogen (secondary N) is 1. The highest BCUT2D eigenvalue weighted by molar-refractivity contribution is 8.00. The van der Waals surface area contributed by atoms with Gasteiger partial charge in [0, 0.05) is 45.8 Å². The number of rotatable bonds is 5. The van der Waals surface area contributed by atoms with E-state index in [1.807, 2.05) is 16.7 Å².